The van der Waals surface area contributed by atoms with Gasteiger partial charge in [-0.1, -0.05) is 77.2 Å². The molecule has 1 atom stereocenters. The second-order valence-corrected chi connectivity index (χ2v) is 8.33. The Bertz CT molecular complexity index is 986. The lowest BCUT2D eigenvalue weighted by molar-refractivity contribution is -0.115. The van der Waals surface area contributed by atoms with Gasteiger partial charge in [0.15, 0.2) is 5.82 Å². The van der Waals surface area contributed by atoms with Gasteiger partial charge in [0.2, 0.25) is 5.91 Å². The first-order valence-electron chi connectivity index (χ1n) is 8.44. The topological polar surface area (TPSA) is 67.5 Å². The van der Waals surface area contributed by atoms with E-state index in [-0.39, 0.29) is 5.91 Å². The van der Waals surface area contributed by atoms with Crippen molar-refractivity contribution >= 4 is 45.3 Å². The van der Waals surface area contributed by atoms with E-state index < -0.39 is 5.25 Å². The van der Waals surface area contributed by atoms with Crippen LogP contribution in [-0.2, 0) is 10.5 Å². The molecule has 3 aromatic rings. The zero-order valence-corrected chi connectivity index (χ0v) is 16.2. The van der Waals surface area contributed by atoms with E-state index >= 15 is 0 Å². The molecule has 27 heavy (non-hydrogen) atoms. The molecule has 1 aromatic heterocycles. The molecule has 1 N–H and O–H groups in total. The summed E-state index contributed by atoms with van der Waals surface area (Å²) in [5.74, 6) is 1.77. The lowest BCUT2D eigenvalue weighted by Gasteiger charge is -2.19. The van der Waals surface area contributed by atoms with Crippen LogP contribution in [0.15, 0.2) is 70.2 Å². The number of para-hydroxylation sites is 1. The number of thioether (sulfide) groups is 2. The van der Waals surface area contributed by atoms with Crippen LogP contribution in [0.3, 0.4) is 0 Å². The molecule has 0 bridgehead atoms. The first kappa shape index (κ1) is 17.9. The quantitative estimate of drug-likeness (QED) is 0.647. The smallest absolute Gasteiger partial charge is 0.243 e. The maximum absolute atomic E-state index is 13.0. The second kappa shape index (κ2) is 8.02. The number of aromatic nitrogens is 1. The van der Waals surface area contributed by atoms with E-state index in [1.165, 1.54) is 17.3 Å². The fourth-order valence-corrected chi connectivity index (χ4v) is 4.93. The molecule has 136 valence electrons. The van der Waals surface area contributed by atoms with Crippen molar-refractivity contribution in [3.8, 4) is 0 Å². The van der Waals surface area contributed by atoms with Crippen LogP contribution < -0.4 is 5.32 Å². The predicted molar refractivity (Wildman–Crippen MR) is 111 cm³/mol. The fourth-order valence-electron chi connectivity index (χ4n) is 2.69. The number of aliphatic imine (C=N–C) groups is 1. The Balaban J connectivity index is 1.59. The Morgan fingerprint density at radius 1 is 1.19 bits per heavy atom. The average molecular weight is 396 g/mol. The minimum atomic E-state index is -0.431. The van der Waals surface area contributed by atoms with Crippen LogP contribution in [0.5, 0.6) is 0 Å². The molecular weight excluding hydrogens is 378 g/mol. The van der Waals surface area contributed by atoms with Crippen molar-refractivity contribution in [2.24, 2.45) is 4.99 Å². The van der Waals surface area contributed by atoms with Crippen LogP contribution in [0.25, 0.3) is 0 Å². The van der Waals surface area contributed by atoms with Gasteiger partial charge in [0, 0.05) is 11.8 Å². The van der Waals surface area contributed by atoms with Gasteiger partial charge in [0.05, 0.1) is 5.69 Å². The van der Waals surface area contributed by atoms with E-state index in [0.717, 1.165) is 21.4 Å². The summed E-state index contributed by atoms with van der Waals surface area (Å²) < 4.78 is 5.92. The van der Waals surface area contributed by atoms with Crippen LogP contribution in [0.4, 0.5) is 11.5 Å². The van der Waals surface area contributed by atoms with Crippen molar-refractivity contribution in [2.75, 3.05) is 5.32 Å². The van der Waals surface area contributed by atoms with Gasteiger partial charge in [-0.15, -0.1) is 0 Å². The number of aryl methyl sites for hydroxylation is 1. The third kappa shape index (κ3) is 4.26. The molecule has 2 heterocycles. The van der Waals surface area contributed by atoms with Crippen molar-refractivity contribution in [3.05, 3.63) is 77.6 Å². The van der Waals surface area contributed by atoms with Gasteiger partial charge in [0.1, 0.15) is 15.4 Å². The SMILES string of the molecule is Cc1cc(NC(=O)[C@H](SC2=Nc3ccccc3CS2)c2ccccc2)no1. The number of hydrogen-bond donors (Lipinski definition) is 1. The van der Waals surface area contributed by atoms with Crippen molar-refractivity contribution < 1.29 is 9.32 Å². The summed E-state index contributed by atoms with van der Waals surface area (Å²) >= 11 is 3.11. The van der Waals surface area contributed by atoms with E-state index in [4.69, 9.17) is 9.52 Å². The number of fused-ring (bicyclic) bond motifs is 1. The largest absolute Gasteiger partial charge is 0.360 e. The van der Waals surface area contributed by atoms with Gasteiger partial charge in [-0.25, -0.2) is 4.99 Å². The molecule has 0 unspecified atom stereocenters. The standard InChI is InChI=1S/C20H17N3O2S2/c1-13-11-17(23-25-13)22-19(24)18(14-7-3-2-4-8-14)27-20-21-16-10-6-5-9-15(16)12-26-20/h2-11,18H,12H2,1H3,(H,22,23,24)/t18-/m1/s1. The average Bonchev–Trinajstić information content (AvgIpc) is 3.11. The first-order valence-corrected chi connectivity index (χ1v) is 10.3. The molecule has 1 amide bonds. The van der Waals surface area contributed by atoms with E-state index in [1.54, 1.807) is 24.8 Å². The Labute approximate surface area is 165 Å². The van der Waals surface area contributed by atoms with Crippen molar-refractivity contribution in [1.29, 1.82) is 0 Å². The number of carbonyl (C=O) groups is 1. The molecule has 4 rings (SSSR count). The minimum Gasteiger partial charge on any atom is -0.360 e. The fraction of sp³-hybridized carbons (Fsp3) is 0.150. The van der Waals surface area contributed by atoms with Crippen molar-refractivity contribution in [1.82, 2.24) is 5.16 Å². The molecule has 0 saturated carbocycles. The maximum atomic E-state index is 13.0. The van der Waals surface area contributed by atoms with Crippen LogP contribution in [0.1, 0.15) is 22.1 Å². The lowest BCUT2D eigenvalue weighted by atomic mass is 10.1. The van der Waals surface area contributed by atoms with E-state index in [0.29, 0.717) is 11.6 Å². The van der Waals surface area contributed by atoms with Gasteiger partial charge in [-0.2, -0.15) is 0 Å². The molecule has 0 saturated heterocycles. The van der Waals surface area contributed by atoms with Crippen molar-refractivity contribution in [3.63, 3.8) is 0 Å². The molecule has 0 fully saturated rings. The molecule has 1 aliphatic heterocycles. The summed E-state index contributed by atoms with van der Waals surface area (Å²) in [5, 5.41) is 6.27. The lowest BCUT2D eigenvalue weighted by Crippen LogP contribution is -2.20. The summed E-state index contributed by atoms with van der Waals surface area (Å²) in [5.41, 5.74) is 3.10. The highest BCUT2D eigenvalue weighted by Gasteiger charge is 2.26. The van der Waals surface area contributed by atoms with Gasteiger partial charge >= 0.3 is 0 Å². The van der Waals surface area contributed by atoms with Crippen LogP contribution in [0, 0.1) is 6.92 Å². The molecule has 1 aliphatic rings. The number of rotatable bonds is 4. The normalized spacial score (nSPS) is 14.2. The molecule has 0 spiro atoms. The number of benzene rings is 2. The number of nitrogens with zero attached hydrogens (tertiary/aromatic N) is 2. The Morgan fingerprint density at radius 3 is 2.74 bits per heavy atom. The number of anilines is 1. The highest BCUT2D eigenvalue weighted by atomic mass is 32.2. The zero-order valence-electron chi connectivity index (χ0n) is 14.6. The number of amides is 1. The molecule has 0 radical (unpaired) electrons. The zero-order chi connectivity index (χ0) is 18.6. The van der Waals surface area contributed by atoms with Gasteiger partial charge in [-0.05, 0) is 24.1 Å². The summed E-state index contributed by atoms with van der Waals surface area (Å²) in [6, 6.07) is 19.5. The Kier molecular flexibility index (Phi) is 5.31. The summed E-state index contributed by atoms with van der Waals surface area (Å²) in [6.45, 7) is 1.79. The Morgan fingerprint density at radius 2 is 1.96 bits per heavy atom. The van der Waals surface area contributed by atoms with E-state index in [9.17, 15) is 4.79 Å². The molecular formula is C20H17N3O2S2. The van der Waals surface area contributed by atoms with E-state index in [1.807, 2.05) is 48.5 Å². The predicted octanol–water partition coefficient (Wildman–Crippen LogP) is 5.33. The van der Waals surface area contributed by atoms with Gasteiger partial charge < -0.3 is 9.84 Å². The molecule has 7 heteroatoms. The summed E-state index contributed by atoms with van der Waals surface area (Å²) in [7, 11) is 0. The van der Waals surface area contributed by atoms with Gasteiger partial charge in [0.25, 0.3) is 0 Å². The monoisotopic (exact) mass is 395 g/mol. The van der Waals surface area contributed by atoms with Gasteiger partial charge in [-0.3, -0.25) is 4.79 Å². The number of nitrogens with one attached hydrogen (secondary N) is 1. The molecule has 5 nitrogen and oxygen atoms in total. The van der Waals surface area contributed by atoms with Crippen LogP contribution in [-0.4, -0.2) is 15.4 Å². The molecule has 2 aromatic carbocycles. The van der Waals surface area contributed by atoms with E-state index in [2.05, 4.69) is 16.5 Å². The summed E-state index contributed by atoms with van der Waals surface area (Å²) in [6.07, 6.45) is 0. The third-order valence-electron chi connectivity index (χ3n) is 3.99. The third-order valence-corrected chi connectivity index (χ3v) is 6.44. The Hall–Kier alpha value is -2.51. The highest BCUT2D eigenvalue weighted by molar-refractivity contribution is 8.38. The number of carbonyl (C=O) groups excluding carboxylic acids is 1. The number of hydrogen-bond acceptors (Lipinski definition) is 6. The van der Waals surface area contributed by atoms with Crippen LogP contribution in [0.2, 0.25) is 0 Å². The minimum absolute atomic E-state index is 0.151. The molecule has 0 aliphatic carbocycles. The van der Waals surface area contributed by atoms with Crippen LogP contribution >= 0.6 is 23.5 Å². The maximum Gasteiger partial charge on any atom is 0.243 e. The van der Waals surface area contributed by atoms with Crippen molar-refractivity contribution in [2.45, 2.75) is 17.9 Å². The highest BCUT2D eigenvalue weighted by Crippen LogP contribution is 2.40. The summed E-state index contributed by atoms with van der Waals surface area (Å²) in [4.78, 5) is 17.7. The first-order chi connectivity index (χ1) is 13.2. The second-order valence-electron chi connectivity index (χ2n) is 6.02.